The largest absolute Gasteiger partial charge is 0.0648 e. The second-order valence-corrected chi connectivity index (χ2v) is 5.06. The summed E-state index contributed by atoms with van der Waals surface area (Å²) in [6.45, 7) is 4.62. The van der Waals surface area contributed by atoms with Gasteiger partial charge < -0.3 is 0 Å². The third kappa shape index (κ3) is 3.22. The van der Waals surface area contributed by atoms with E-state index < -0.39 is 0 Å². The molecular weight excluding hydrogens is 216 g/mol. The van der Waals surface area contributed by atoms with Crippen LogP contribution in [0.2, 0.25) is 0 Å². The Hall–Kier alpha value is -1.56. The van der Waals surface area contributed by atoms with Gasteiger partial charge in [0.05, 0.1) is 0 Å². The molecule has 0 N–H and O–H groups in total. The molecular formula is C18H22. The highest BCUT2D eigenvalue weighted by atomic mass is 14.2. The van der Waals surface area contributed by atoms with Crippen molar-refractivity contribution in [1.29, 1.82) is 0 Å². The van der Waals surface area contributed by atoms with Gasteiger partial charge in [0.15, 0.2) is 0 Å². The van der Waals surface area contributed by atoms with E-state index in [4.69, 9.17) is 0 Å². The number of rotatable bonds is 5. The molecule has 0 nitrogen and oxygen atoms in total. The molecule has 0 saturated carbocycles. The predicted molar refractivity (Wildman–Crippen MR) is 78.9 cm³/mol. The summed E-state index contributed by atoms with van der Waals surface area (Å²) in [5.41, 5.74) is 2.93. The van der Waals surface area contributed by atoms with Crippen LogP contribution in [0.4, 0.5) is 0 Å². The molecule has 18 heavy (non-hydrogen) atoms. The molecule has 0 amide bonds. The minimum absolute atomic E-state index is 0.622. The molecule has 0 aromatic heterocycles. The summed E-state index contributed by atoms with van der Waals surface area (Å²) < 4.78 is 0. The van der Waals surface area contributed by atoms with Gasteiger partial charge in [0.2, 0.25) is 0 Å². The van der Waals surface area contributed by atoms with Gasteiger partial charge in [-0.25, -0.2) is 0 Å². The van der Waals surface area contributed by atoms with E-state index in [-0.39, 0.29) is 0 Å². The quantitative estimate of drug-likeness (QED) is 0.656. The molecule has 0 fully saturated rings. The molecule has 0 spiro atoms. The maximum absolute atomic E-state index is 2.33. The number of benzene rings is 2. The molecule has 0 heteroatoms. The van der Waals surface area contributed by atoms with Gasteiger partial charge in [-0.2, -0.15) is 0 Å². The van der Waals surface area contributed by atoms with Gasteiger partial charge in [-0.3, -0.25) is 0 Å². The van der Waals surface area contributed by atoms with E-state index in [1.165, 1.54) is 24.0 Å². The second kappa shape index (κ2) is 6.39. The normalized spacial score (nSPS) is 14.1. The Bertz CT molecular complexity index is 444. The fourth-order valence-corrected chi connectivity index (χ4v) is 2.61. The van der Waals surface area contributed by atoms with Crippen LogP contribution in [0.25, 0.3) is 0 Å². The van der Waals surface area contributed by atoms with E-state index in [9.17, 15) is 0 Å². The maximum Gasteiger partial charge on any atom is -0.0159 e. The predicted octanol–water partition coefficient (Wildman–Crippen LogP) is 5.37. The lowest BCUT2D eigenvalue weighted by atomic mass is 9.85. The summed E-state index contributed by atoms with van der Waals surface area (Å²) in [5.74, 6) is 1.29. The molecule has 0 aliphatic rings. The van der Waals surface area contributed by atoms with E-state index >= 15 is 0 Å². The third-order valence-electron chi connectivity index (χ3n) is 3.77. The van der Waals surface area contributed by atoms with E-state index in [0.29, 0.717) is 11.8 Å². The van der Waals surface area contributed by atoms with Crippen LogP contribution in [0.1, 0.15) is 49.7 Å². The maximum atomic E-state index is 2.33. The zero-order chi connectivity index (χ0) is 12.8. The van der Waals surface area contributed by atoms with Gasteiger partial charge in [-0.1, -0.05) is 74.5 Å². The lowest BCUT2D eigenvalue weighted by molar-refractivity contribution is 0.544. The highest BCUT2D eigenvalue weighted by Crippen LogP contribution is 2.31. The van der Waals surface area contributed by atoms with Crippen molar-refractivity contribution in [3.05, 3.63) is 71.8 Å². The van der Waals surface area contributed by atoms with Gasteiger partial charge in [-0.05, 0) is 35.8 Å². The molecule has 2 atom stereocenters. The minimum Gasteiger partial charge on any atom is -0.0648 e. The highest BCUT2D eigenvalue weighted by Gasteiger charge is 2.14. The molecule has 0 aliphatic carbocycles. The number of hydrogen-bond acceptors (Lipinski definition) is 0. The van der Waals surface area contributed by atoms with Gasteiger partial charge in [-0.15, -0.1) is 0 Å². The Morgan fingerprint density at radius 1 is 0.778 bits per heavy atom. The Morgan fingerprint density at radius 3 is 1.78 bits per heavy atom. The molecule has 0 saturated heterocycles. The van der Waals surface area contributed by atoms with Crippen LogP contribution in [0.5, 0.6) is 0 Å². The highest BCUT2D eigenvalue weighted by molar-refractivity contribution is 5.23. The smallest absolute Gasteiger partial charge is 0.0159 e. The van der Waals surface area contributed by atoms with Crippen LogP contribution in [0.15, 0.2) is 60.7 Å². The average Bonchev–Trinajstić information content (AvgIpc) is 2.46. The molecule has 0 radical (unpaired) electrons. The summed E-state index contributed by atoms with van der Waals surface area (Å²) in [7, 11) is 0. The van der Waals surface area contributed by atoms with Gasteiger partial charge in [0, 0.05) is 0 Å². The van der Waals surface area contributed by atoms with Crippen molar-refractivity contribution < 1.29 is 0 Å². The molecule has 0 aliphatic heterocycles. The van der Waals surface area contributed by atoms with E-state index in [0.717, 1.165) is 0 Å². The molecule has 94 valence electrons. The first kappa shape index (κ1) is 12.9. The Labute approximate surface area is 111 Å². The lowest BCUT2D eigenvalue weighted by Gasteiger charge is -2.20. The second-order valence-electron chi connectivity index (χ2n) is 5.06. The van der Waals surface area contributed by atoms with Crippen molar-refractivity contribution in [2.24, 2.45) is 0 Å². The summed E-state index contributed by atoms with van der Waals surface area (Å²) in [6, 6.07) is 21.7. The van der Waals surface area contributed by atoms with Crippen LogP contribution in [0, 0.1) is 0 Å². The van der Waals surface area contributed by atoms with Gasteiger partial charge >= 0.3 is 0 Å². The van der Waals surface area contributed by atoms with Gasteiger partial charge in [0.1, 0.15) is 0 Å². The topological polar surface area (TPSA) is 0 Å². The fourth-order valence-electron chi connectivity index (χ4n) is 2.61. The zero-order valence-electron chi connectivity index (χ0n) is 11.3. The number of hydrogen-bond donors (Lipinski definition) is 0. The van der Waals surface area contributed by atoms with Gasteiger partial charge in [0.25, 0.3) is 0 Å². The monoisotopic (exact) mass is 238 g/mol. The molecule has 2 aromatic carbocycles. The first-order chi connectivity index (χ1) is 8.81. The summed E-state index contributed by atoms with van der Waals surface area (Å²) in [6.07, 6.45) is 2.44. The molecule has 2 rings (SSSR count). The third-order valence-corrected chi connectivity index (χ3v) is 3.77. The molecule has 0 unspecified atom stereocenters. The van der Waals surface area contributed by atoms with Crippen LogP contribution in [-0.4, -0.2) is 0 Å². The Balaban J connectivity index is 2.07. The van der Waals surface area contributed by atoms with E-state index in [1.807, 2.05) is 0 Å². The minimum atomic E-state index is 0.622. The van der Waals surface area contributed by atoms with E-state index in [2.05, 4.69) is 74.5 Å². The summed E-state index contributed by atoms with van der Waals surface area (Å²) in [5, 5.41) is 0. The van der Waals surface area contributed by atoms with Crippen molar-refractivity contribution in [2.75, 3.05) is 0 Å². The van der Waals surface area contributed by atoms with Crippen molar-refractivity contribution in [3.63, 3.8) is 0 Å². The summed E-state index contributed by atoms with van der Waals surface area (Å²) >= 11 is 0. The van der Waals surface area contributed by atoms with Crippen LogP contribution < -0.4 is 0 Å². The first-order valence-corrected chi connectivity index (χ1v) is 6.91. The van der Waals surface area contributed by atoms with Crippen molar-refractivity contribution in [1.82, 2.24) is 0 Å². The van der Waals surface area contributed by atoms with Crippen molar-refractivity contribution >= 4 is 0 Å². The SMILES string of the molecule is CC[C@@H](C[C@@H](C)c1ccccc1)c1ccccc1. The van der Waals surface area contributed by atoms with Crippen LogP contribution in [-0.2, 0) is 0 Å². The zero-order valence-corrected chi connectivity index (χ0v) is 11.3. The van der Waals surface area contributed by atoms with Crippen molar-refractivity contribution in [2.45, 2.75) is 38.5 Å². The lowest BCUT2D eigenvalue weighted by Crippen LogP contribution is -2.03. The van der Waals surface area contributed by atoms with Crippen molar-refractivity contribution in [3.8, 4) is 0 Å². The van der Waals surface area contributed by atoms with Crippen LogP contribution >= 0.6 is 0 Å². The standard InChI is InChI=1S/C18H22/c1-3-16(18-12-8-5-9-13-18)14-15(2)17-10-6-4-7-11-17/h4-13,15-16H,3,14H2,1-2H3/t15-,16+/m1/s1. The molecule has 0 bridgehead atoms. The molecule has 0 heterocycles. The van der Waals surface area contributed by atoms with Crippen LogP contribution in [0.3, 0.4) is 0 Å². The fraction of sp³-hybridized carbons (Fsp3) is 0.333. The Kier molecular flexibility index (Phi) is 4.58. The summed E-state index contributed by atoms with van der Waals surface area (Å²) in [4.78, 5) is 0. The molecule has 2 aromatic rings. The van der Waals surface area contributed by atoms with E-state index in [1.54, 1.807) is 0 Å². The Morgan fingerprint density at radius 2 is 1.28 bits per heavy atom. The first-order valence-electron chi connectivity index (χ1n) is 6.91. The average molecular weight is 238 g/mol.